The Balaban J connectivity index is 0.000000415. The molecule has 0 aliphatic rings. The maximum absolute atomic E-state index is 12.4. The number of nitrogens with zero attached hydrogens (tertiary/aromatic N) is 3. The van der Waals surface area contributed by atoms with E-state index in [9.17, 15) is 14.4 Å². The van der Waals surface area contributed by atoms with Crippen LogP contribution in [0.1, 0.15) is 35.0 Å². The highest BCUT2D eigenvalue weighted by Crippen LogP contribution is 2.22. The summed E-state index contributed by atoms with van der Waals surface area (Å²) in [6.45, 7) is 3.54. The highest BCUT2D eigenvalue weighted by molar-refractivity contribution is 6.42. The highest BCUT2D eigenvalue weighted by Gasteiger charge is 2.21. The molecule has 4 N–H and O–H groups in total. The van der Waals surface area contributed by atoms with Gasteiger partial charge in [0.05, 0.1) is 15.7 Å². The van der Waals surface area contributed by atoms with Gasteiger partial charge in [-0.2, -0.15) is 5.10 Å². The molecule has 0 saturated heterocycles. The van der Waals surface area contributed by atoms with Crippen molar-refractivity contribution in [3.8, 4) is 11.3 Å². The molecule has 0 spiro atoms. The van der Waals surface area contributed by atoms with Gasteiger partial charge in [0, 0.05) is 48.4 Å². The summed E-state index contributed by atoms with van der Waals surface area (Å²) in [4.78, 5) is 41.3. The largest absolute Gasteiger partial charge is 0.368 e. The number of carbonyl (C=O) groups is 3. The van der Waals surface area contributed by atoms with Gasteiger partial charge in [0.2, 0.25) is 11.8 Å². The van der Waals surface area contributed by atoms with Crippen molar-refractivity contribution >= 4 is 46.6 Å². The number of benzene rings is 2. The van der Waals surface area contributed by atoms with Gasteiger partial charge in [0.25, 0.3) is 5.91 Å². The summed E-state index contributed by atoms with van der Waals surface area (Å²) in [7, 11) is 1.52. The number of rotatable bonds is 8. The zero-order chi connectivity index (χ0) is 29.2. The quantitative estimate of drug-likeness (QED) is 0.260. The van der Waals surface area contributed by atoms with Crippen LogP contribution in [0.25, 0.3) is 11.3 Å². The molecule has 0 fully saturated rings. The second-order valence-electron chi connectivity index (χ2n) is 9.06. The first-order valence-electron chi connectivity index (χ1n) is 12.4. The number of amides is 3. The number of primary amides is 1. The second kappa shape index (κ2) is 14.3. The third kappa shape index (κ3) is 8.65. The van der Waals surface area contributed by atoms with E-state index in [2.05, 4.69) is 20.5 Å². The van der Waals surface area contributed by atoms with E-state index in [1.165, 1.54) is 11.9 Å². The molecule has 0 saturated carbocycles. The molecule has 2 aromatic carbocycles. The van der Waals surface area contributed by atoms with Gasteiger partial charge in [-0.1, -0.05) is 29.3 Å². The fourth-order valence-corrected chi connectivity index (χ4v) is 3.84. The van der Waals surface area contributed by atoms with Crippen molar-refractivity contribution < 1.29 is 14.4 Å². The molecule has 1 unspecified atom stereocenters. The number of aryl methyl sites for hydroxylation is 2. The van der Waals surface area contributed by atoms with E-state index >= 15 is 0 Å². The van der Waals surface area contributed by atoms with E-state index in [1.54, 1.807) is 49.6 Å². The van der Waals surface area contributed by atoms with Crippen LogP contribution < -0.4 is 11.1 Å². The standard InChI is InChI=1S/C22H24N6O3.C7H6Cl2/c1-14(21(23)30)28(2)22(31)15-5-7-17(8-6-15)25-20(29)10-9-18-12-19(27-26-18)16-4-3-11-24-13-16;1-5-2-3-6(8)7(9)4-5/h3-8,11-14H,9-10H2,1-2H3,(H2,23,30)(H,25,29)(H,26,27);2-4H,1H3. The molecular formula is C29H30Cl2N6O3. The Hall–Kier alpha value is -4.21. The van der Waals surface area contributed by atoms with Crippen molar-refractivity contribution in [2.24, 2.45) is 5.73 Å². The summed E-state index contributed by atoms with van der Waals surface area (Å²) in [5.74, 6) is -1.06. The van der Waals surface area contributed by atoms with Crippen molar-refractivity contribution in [2.75, 3.05) is 12.4 Å². The van der Waals surface area contributed by atoms with Gasteiger partial charge in [0.15, 0.2) is 0 Å². The number of likely N-dealkylation sites (N-methyl/N-ethyl adjacent to an activating group) is 1. The fourth-order valence-electron chi connectivity index (χ4n) is 3.49. The fraction of sp³-hybridized carbons (Fsp3) is 0.207. The lowest BCUT2D eigenvalue weighted by molar-refractivity contribution is -0.121. The van der Waals surface area contributed by atoms with Crippen LogP contribution in [-0.4, -0.2) is 50.9 Å². The molecule has 4 aromatic rings. The lowest BCUT2D eigenvalue weighted by Gasteiger charge is -2.22. The van der Waals surface area contributed by atoms with Crippen molar-refractivity contribution in [3.05, 3.63) is 99.9 Å². The molecular weight excluding hydrogens is 551 g/mol. The molecule has 2 aromatic heterocycles. The Morgan fingerprint density at radius 2 is 1.77 bits per heavy atom. The van der Waals surface area contributed by atoms with Crippen LogP contribution in [0.4, 0.5) is 5.69 Å². The molecule has 9 nitrogen and oxygen atoms in total. The first-order chi connectivity index (χ1) is 19.0. The molecule has 0 bridgehead atoms. The Labute approximate surface area is 242 Å². The maximum Gasteiger partial charge on any atom is 0.254 e. The zero-order valence-corrected chi connectivity index (χ0v) is 23.8. The average molecular weight is 582 g/mol. The van der Waals surface area contributed by atoms with E-state index < -0.39 is 11.9 Å². The SMILES string of the molecule is CC(C(N)=O)N(C)C(=O)c1ccc(NC(=O)CCc2cc(-c3cccnc3)n[nH]2)cc1.Cc1ccc(Cl)c(Cl)c1. The summed E-state index contributed by atoms with van der Waals surface area (Å²) >= 11 is 11.3. The Kier molecular flexibility index (Phi) is 10.8. The molecule has 11 heteroatoms. The molecule has 208 valence electrons. The Morgan fingerprint density at radius 3 is 2.38 bits per heavy atom. The minimum absolute atomic E-state index is 0.156. The Bertz CT molecular complexity index is 1460. The number of anilines is 1. The normalized spacial score (nSPS) is 11.1. The second-order valence-corrected chi connectivity index (χ2v) is 9.87. The van der Waals surface area contributed by atoms with Crippen molar-refractivity contribution in [1.82, 2.24) is 20.1 Å². The van der Waals surface area contributed by atoms with E-state index in [4.69, 9.17) is 28.9 Å². The molecule has 0 aliphatic carbocycles. The van der Waals surface area contributed by atoms with Gasteiger partial charge in [-0.25, -0.2) is 0 Å². The monoisotopic (exact) mass is 580 g/mol. The predicted molar refractivity (Wildman–Crippen MR) is 157 cm³/mol. The van der Waals surface area contributed by atoms with Gasteiger partial charge in [-0.15, -0.1) is 0 Å². The van der Waals surface area contributed by atoms with Gasteiger partial charge in [0.1, 0.15) is 6.04 Å². The summed E-state index contributed by atoms with van der Waals surface area (Å²) in [6.07, 6.45) is 4.21. The average Bonchev–Trinajstić information content (AvgIpc) is 3.43. The summed E-state index contributed by atoms with van der Waals surface area (Å²) < 4.78 is 0. The van der Waals surface area contributed by atoms with Crippen LogP contribution in [0, 0.1) is 6.92 Å². The summed E-state index contributed by atoms with van der Waals surface area (Å²) in [6, 6.07) is 17.0. The van der Waals surface area contributed by atoms with Crippen LogP contribution in [0.5, 0.6) is 0 Å². The smallest absolute Gasteiger partial charge is 0.254 e. The van der Waals surface area contributed by atoms with Crippen LogP contribution in [-0.2, 0) is 16.0 Å². The maximum atomic E-state index is 12.4. The molecule has 3 amide bonds. The first-order valence-corrected chi connectivity index (χ1v) is 13.1. The number of halogens is 2. The summed E-state index contributed by atoms with van der Waals surface area (Å²) in [5, 5.41) is 11.2. The number of nitrogens with two attached hydrogens (primary N) is 1. The third-order valence-corrected chi connectivity index (χ3v) is 6.75. The lowest BCUT2D eigenvalue weighted by atomic mass is 10.1. The molecule has 1 atom stereocenters. The number of carbonyl (C=O) groups excluding carboxylic acids is 3. The predicted octanol–water partition coefficient (Wildman–Crippen LogP) is 5.29. The van der Waals surface area contributed by atoms with Gasteiger partial charge in [-0.05, 0) is 80.4 Å². The van der Waals surface area contributed by atoms with Crippen molar-refractivity contribution in [2.45, 2.75) is 32.7 Å². The van der Waals surface area contributed by atoms with E-state index in [1.807, 2.05) is 37.3 Å². The molecule has 40 heavy (non-hydrogen) atoms. The Morgan fingerprint density at radius 1 is 1.05 bits per heavy atom. The van der Waals surface area contributed by atoms with Gasteiger partial charge >= 0.3 is 0 Å². The van der Waals surface area contributed by atoms with Crippen LogP contribution >= 0.6 is 23.2 Å². The van der Waals surface area contributed by atoms with Crippen molar-refractivity contribution in [3.63, 3.8) is 0 Å². The van der Waals surface area contributed by atoms with E-state index in [0.717, 1.165) is 22.5 Å². The lowest BCUT2D eigenvalue weighted by Crippen LogP contribution is -2.43. The zero-order valence-electron chi connectivity index (χ0n) is 22.3. The van der Waals surface area contributed by atoms with Gasteiger partial charge < -0.3 is 16.0 Å². The third-order valence-electron chi connectivity index (χ3n) is 6.01. The van der Waals surface area contributed by atoms with Gasteiger partial charge in [-0.3, -0.25) is 24.5 Å². The molecule has 0 aliphatic heterocycles. The number of aromatic nitrogens is 3. The van der Waals surface area contributed by atoms with Crippen LogP contribution in [0.3, 0.4) is 0 Å². The number of pyridine rings is 1. The van der Waals surface area contributed by atoms with E-state index in [0.29, 0.717) is 27.7 Å². The number of H-pyrrole nitrogens is 1. The van der Waals surface area contributed by atoms with Crippen molar-refractivity contribution in [1.29, 1.82) is 0 Å². The van der Waals surface area contributed by atoms with Crippen LogP contribution in [0.15, 0.2) is 73.1 Å². The number of hydrogen-bond acceptors (Lipinski definition) is 5. The van der Waals surface area contributed by atoms with Crippen LogP contribution in [0.2, 0.25) is 10.0 Å². The number of hydrogen-bond donors (Lipinski definition) is 3. The number of aromatic amines is 1. The summed E-state index contributed by atoms with van der Waals surface area (Å²) in [5.41, 5.74) is 9.88. The minimum Gasteiger partial charge on any atom is -0.368 e. The molecule has 0 radical (unpaired) electrons. The molecule has 4 rings (SSSR count). The minimum atomic E-state index is -0.715. The highest BCUT2D eigenvalue weighted by atomic mass is 35.5. The number of nitrogens with one attached hydrogen (secondary N) is 2. The molecule has 2 heterocycles. The first kappa shape index (κ1) is 30.3. The topological polar surface area (TPSA) is 134 Å². The van der Waals surface area contributed by atoms with E-state index in [-0.39, 0.29) is 18.2 Å².